The molecule has 32 heavy (non-hydrogen) atoms. The van der Waals surface area contributed by atoms with Crippen LogP contribution in [0.15, 0.2) is 66.7 Å². The molecule has 2 atom stereocenters. The van der Waals surface area contributed by atoms with Crippen molar-refractivity contribution in [1.82, 2.24) is 4.90 Å². The Morgan fingerprint density at radius 2 is 1.78 bits per heavy atom. The molecular formula is C27H31NO4. The Labute approximate surface area is 189 Å². The summed E-state index contributed by atoms with van der Waals surface area (Å²) >= 11 is 0. The standard InChI is InChI=1S/C27H31NO4/c29-24(27(17-4-5-18-27)22-6-2-1-3-7-22)14-12-23-13-15-25(30)28(23)19-16-20-8-10-21(11-9-20)26(31)32/h1-3,6-12,14,23-24,29H,4-5,13,15-19H2,(H,31,32)/b14-12+/t23-,24?/m0/s1. The zero-order valence-corrected chi connectivity index (χ0v) is 18.3. The number of hydrogen-bond donors (Lipinski definition) is 2. The molecule has 0 bridgehead atoms. The fourth-order valence-corrected chi connectivity index (χ4v) is 5.26. The molecule has 1 saturated carbocycles. The van der Waals surface area contributed by atoms with Crippen molar-refractivity contribution in [2.45, 2.75) is 62.5 Å². The number of likely N-dealkylation sites (tertiary alicyclic amines) is 1. The molecule has 0 radical (unpaired) electrons. The van der Waals surface area contributed by atoms with Crippen LogP contribution in [0, 0.1) is 0 Å². The Hall–Kier alpha value is -2.92. The number of carbonyl (C=O) groups is 2. The first-order chi connectivity index (χ1) is 15.5. The number of carboxylic acid groups (broad SMARTS) is 1. The lowest BCUT2D eigenvalue weighted by Crippen LogP contribution is -2.37. The Balaban J connectivity index is 1.43. The lowest BCUT2D eigenvalue weighted by Gasteiger charge is -2.34. The van der Waals surface area contributed by atoms with E-state index >= 15 is 0 Å². The minimum Gasteiger partial charge on any atom is -0.478 e. The fraction of sp³-hybridized carbons (Fsp3) is 0.407. The summed E-state index contributed by atoms with van der Waals surface area (Å²) in [6, 6.07) is 17.1. The van der Waals surface area contributed by atoms with E-state index in [9.17, 15) is 14.7 Å². The van der Waals surface area contributed by atoms with Gasteiger partial charge in [-0.25, -0.2) is 4.79 Å². The van der Waals surface area contributed by atoms with Gasteiger partial charge >= 0.3 is 5.97 Å². The van der Waals surface area contributed by atoms with Crippen LogP contribution in [-0.4, -0.2) is 45.7 Å². The summed E-state index contributed by atoms with van der Waals surface area (Å²) in [5, 5.41) is 20.2. The molecule has 5 heteroatoms. The fourth-order valence-electron chi connectivity index (χ4n) is 5.26. The zero-order chi connectivity index (χ0) is 22.6. The van der Waals surface area contributed by atoms with Gasteiger partial charge in [-0.15, -0.1) is 0 Å². The average Bonchev–Trinajstić information content (AvgIpc) is 3.45. The van der Waals surface area contributed by atoms with Gasteiger partial charge in [0.25, 0.3) is 0 Å². The van der Waals surface area contributed by atoms with Crippen molar-refractivity contribution in [2.24, 2.45) is 0 Å². The highest BCUT2D eigenvalue weighted by atomic mass is 16.4. The van der Waals surface area contributed by atoms with E-state index in [1.54, 1.807) is 12.1 Å². The first-order valence-electron chi connectivity index (χ1n) is 11.5. The minimum absolute atomic E-state index is 0.00957. The summed E-state index contributed by atoms with van der Waals surface area (Å²) in [5.41, 5.74) is 2.22. The van der Waals surface area contributed by atoms with Crippen LogP contribution in [-0.2, 0) is 16.6 Å². The number of aliphatic hydroxyl groups is 1. The number of hydrogen-bond acceptors (Lipinski definition) is 3. The van der Waals surface area contributed by atoms with E-state index in [2.05, 4.69) is 12.1 Å². The largest absolute Gasteiger partial charge is 0.478 e. The van der Waals surface area contributed by atoms with Crippen LogP contribution in [0.3, 0.4) is 0 Å². The number of benzene rings is 2. The third-order valence-electron chi connectivity index (χ3n) is 7.14. The van der Waals surface area contributed by atoms with E-state index < -0.39 is 12.1 Å². The molecule has 2 aromatic carbocycles. The lowest BCUT2D eigenvalue weighted by molar-refractivity contribution is -0.128. The second-order valence-electron chi connectivity index (χ2n) is 9.00. The predicted molar refractivity (Wildman–Crippen MR) is 124 cm³/mol. The van der Waals surface area contributed by atoms with Gasteiger partial charge in [0.15, 0.2) is 0 Å². The second-order valence-corrected chi connectivity index (χ2v) is 9.00. The van der Waals surface area contributed by atoms with E-state index in [-0.39, 0.29) is 22.9 Å². The van der Waals surface area contributed by atoms with E-state index in [0.29, 0.717) is 19.4 Å². The molecule has 1 aliphatic heterocycles. The van der Waals surface area contributed by atoms with E-state index in [4.69, 9.17) is 5.11 Å². The number of aliphatic hydroxyl groups excluding tert-OH is 1. The van der Waals surface area contributed by atoms with Crippen LogP contribution in [0.2, 0.25) is 0 Å². The van der Waals surface area contributed by atoms with E-state index in [1.165, 1.54) is 5.56 Å². The normalized spacial score (nSPS) is 21.3. The molecule has 2 N–H and O–H groups in total. The molecule has 0 spiro atoms. The number of amides is 1. The van der Waals surface area contributed by atoms with Crippen molar-refractivity contribution in [3.8, 4) is 0 Å². The molecule has 1 amide bonds. The first-order valence-corrected chi connectivity index (χ1v) is 11.5. The molecule has 5 nitrogen and oxygen atoms in total. The monoisotopic (exact) mass is 433 g/mol. The summed E-state index contributed by atoms with van der Waals surface area (Å²) in [4.78, 5) is 25.4. The molecule has 1 unspecified atom stereocenters. The van der Waals surface area contributed by atoms with Gasteiger partial charge in [0.1, 0.15) is 0 Å². The van der Waals surface area contributed by atoms with Crippen LogP contribution in [0.25, 0.3) is 0 Å². The second kappa shape index (κ2) is 9.70. The van der Waals surface area contributed by atoms with Gasteiger partial charge in [0, 0.05) is 18.4 Å². The van der Waals surface area contributed by atoms with Gasteiger partial charge < -0.3 is 15.1 Å². The first kappa shape index (κ1) is 22.3. The molecule has 0 aromatic heterocycles. The minimum atomic E-state index is -0.939. The maximum absolute atomic E-state index is 12.5. The average molecular weight is 434 g/mol. The number of rotatable bonds is 8. The third kappa shape index (κ3) is 4.63. The van der Waals surface area contributed by atoms with Gasteiger partial charge in [-0.3, -0.25) is 4.79 Å². The summed E-state index contributed by atoms with van der Waals surface area (Å²) in [6.07, 6.45) is 9.50. The number of aromatic carboxylic acids is 1. The van der Waals surface area contributed by atoms with Crippen LogP contribution in [0.1, 0.15) is 60.0 Å². The number of nitrogens with zero attached hydrogens (tertiary/aromatic N) is 1. The predicted octanol–water partition coefficient (Wildman–Crippen LogP) is 4.35. The molecule has 1 aliphatic carbocycles. The Kier molecular flexibility index (Phi) is 6.75. The smallest absolute Gasteiger partial charge is 0.335 e. The van der Waals surface area contributed by atoms with Crippen LogP contribution in [0.4, 0.5) is 0 Å². The Bertz CT molecular complexity index is 961. The van der Waals surface area contributed by atoms with Crippen LogP contribution >= 0.6 is 0 Å². The van der Waals surface area contributed by atoms with Crippen LogP contribution in [0.5, 0.6) is 0 Å². The quantitative estimate of drug-likeness (QED) is 0.607. The Morgan fingerprint density at radius 1 is 1.09 bits per heavy atom. The molecule has 2 aliphatic rings. The summed E-state index contributed by atoms with van der Waals surface area (Å²) in [6.45, 7) is 0.584. The zero-order valence-electron chi connectivity index (χ0n) is 18.3. The van der Waals surface area contributed by atoms with Crippen molar-refractivity contribution < 1.29 is 19.8 Å². The van der Waals surface area contributed by atoms with Crippen LogP contribution < -0.4 is 0 Å². The van der Waals surface area contributed by atoms with Gasteiger partial charge in [-0.2, -0.15) is 0 Å². The highest BCUT2D eigenvalue weighted by Crippen LogP contribution is 2.44. The maximum Gasteiger partial charge on any atom is 0.335 e. The summed E-state index contributed by atoms with van der Waals surface area (Å²) < 4.78 is 0. The van der Waals surface area contributed by atoms with Gasteiger partial charge in [-0.05, 0) is 48.9 Å². The van der Waals surface area contributed by atoms with Crippen molar-refractivity contribution in [3.63, 3.8) is 0 Å². The maximum atomic E-state index is 12.5. The number of carboxylic acids is 1. The van der Waals surface area contributed by atoms with Gasteiger partial charge in [-0.1, -0.05) is 67.5 Å². The molecule has 4 rings (SSSR count). The molecule has 168 valence electrons. The summed E-state index contributed by atoms with van der Waals surface area (Å²) in [5.74, 6) is -0.805. The van der Waals surface area contributed by atoms with Crippen molar-refractivity contribution >= 4 is 11.9 Å². The van der Waals surface area contributed by atoms with Crippen molar-refractivity contribution in [2.75, 3.05) is 6.54 Å². The van der Waals surface area contributed by atoms with Gasteiger partial charge in [0.05, 0.1) is 17.7 Å². The highest BCUT2D eigenvalue weighted by Gasteiger charge is 2.41. The van der Waals surface area contributed by atoms with Crippen molar-refractivity contribution in [1.29, 1.82) is 0 Å². The van der Waals surface area contributed by atoms with Crippen molar-refractivity contribution in [3.05, 3.63) is 83.4 Å². The lowest BCUT2D eigenvalue weighted by atomic mass is 9.74. The molecule has 2 aromatic rings. The van der Waals surface area contributed by atoms with E-state index in [1.807, 2.05) is 47.4 Å². The number of carbonyl (C=O) groups excluding carboxylic acids is 1. The molecule has 1 heterocycles. The highest BCUT2D eigenvalue weighted by molar-refractivity contribution is 5.87. The molecule has 2 fully saturated rings. The van der Waals surface area contributed by atoms with E-state index in [0.717, 1.165) is 37.7 Å². The Morgan fingerprint density at radius 3 is 2.44 bits per heavy atom. The molecule has 1 saturated heterocycles. The third-order valence-corrected chi connectivity index (χ3v) is 7.14. The SMILES string of the molecule is O=C(O)c1ccc(CCN2C(=O)CC[C@@H]2/C=C/C(O)C2(c3ccccc3)CCCC2)cc1. The van der Waals surface area contributed by atoms with Gasteiger partial charge in [0.2, 0.25) is 5.91 Å². The molecular weight excluding hydrogens is 402 g/mol. The topological polar surface area (TPSA) is 77.8 Å². The summed E-state index contributed by atoms with van der Waals surface area (Å²) in [7, 11) is 0.